The van der Waals surface area contributed by atoms with Crippen molar-refractivity contribution in [2.45, 2.75) is 13.8 Å². The molecule has 0 aliphatic heterocycles. The fourth-order valence-electron chi connectivity index (χ4n) is 0.417. The lowest BCUT2D eigenvalue weighted by molar-refractivity contribution is 0.293. The van der Waals surface area contributed by atoms with Crippen LogP contribution in [-0.2, 0) is 0 Å². The Morgan fingerprint density at radius 3 is 2.50 bits per heavy atom. The zero-order valence-electron chi connectivity index (χ0n) is 5.57. The Morgan fingerprint density at radius 2 is 2.12 bits per heavy atom. The second-order valence-corrected chi connectivity index (χ2v) is 2.11. The summed E-state index contributed by atoms with van der Waals surface area (Å²) in [6, 6.07) is 0. The fourth-order valence-corrected chi connectivity index (χ4v) is 0.417. The monoisotopic (exact) mass is 116 g/mol. The maximum Gasteiger partial charge on any atom is 0.0555 e. The molecule has 0 atom stereocenters. The van der Waals surface area contributed by atoms with Crippen molar-refractivity contribution in [2.24, 2.45) is 0 Å². The van der Waals surface area contributed by atoms with Gasteiger partial charge in [0.1, 0.15) is 0 Å². The highest BCUT2D eigenvalue weighted by Gasteiger charge is 1.89. The summed E-state index contributed by atoms with van der Waals surface area (Å²) in [6.07, 6.45) is 0. The van der Waals surface area contributed by atoms with E-state index in [1.165, 1.54) is 5.92 Å². The summed E-state index contributed by atoms with van der Waals surface area (Å²) in [6.45, 7) is 5.97. The molecule has 0 amide bonds. The highest BCUT2D eigenvalue weighted by Crippen LogP contribution is 1.88. The van der Waals surface area contributed by atoms with Gasteiger partial charge in [-0.25, -0.2) is 0 Å². The van der Waals surface area contributed by atoms with Crippen molar-refractivity contribution in [3.05, 3.63) is 5.92 Å². The molecule has 0 unspecified atom stereocenters. The van der Waals surface area contributed by atoms with E-state index in [0.29, 0.717) is 6.54 Å². The van der Waals surface area contributed by atoms with Gasteiger partial charge in [0, 0.05) is 13.1 Å². The SMILES string of the molecule is C[C](C)CNCCO. The van der Waals surface area contributed by atoms with Crippen LogP contribution >= 0.6 is 0 Å². The van der Waals surface area contributed by atoms with Crippen LogP contribution in [0.5, 0.6) is 0 Å². The topological polar surface area (TPSA) is 32.3 Å². The number of nitrogens with one attached hydrogen (secondary N) is 1. The molecular formula is C6H14NO. The average molecular weight is 116 g/mol. The van der Waals surface area contributed by atoms with Crippen LogP contribution in [0, 0.1) is 5.92 Å². The van der Waals surface area contributed by atoms with E-state index < -0.39 is 0 Å². The molecule has 0 aromatic heterocycles. The third kappa shape index (κ3) is 5.92. The maximum absolute atomic E-state index is 8.31. The van der Waals surface area contributed by atoms with Crippen LogP contribution in [0.3, 0.4) is 0 Å². The van der Waals surface area contributed by atoms with Crippen molar-refractivity contribution in [1.29, 1.82) is 0 Å². The summed E-state index contributed by atoms with van der Waals surface area (Å²) in [5.41, 5.74) is 0. The van der Waals surface area contributed by atoms with Crippen LogP contribution in [0.4, 0.5) is 0 Å². The van der Waals surface area contributed by atoms with Crippen LogP contribution in [-0.4, -0.2) is 24.8 Å². The molecule has 0 fully saturated rings. The van der Waals surface area contributed by atoms with E-state index in [0.717, 1.165) is 6.54 Å². The first-order valence-electron chi connectivity index (χ1n) is 2.88. The molecule has 0 aromatic carbocycles. The van der Waals surface area contributed by atoms with Crippen molar-refractivity contribution >= 4 is 0 Å². The minimum atomic E-state index is 0.229. The Labute approximate surface area is 50.9 Å². The van der Waals surface area contributed by atoms with Gasteiger partial charge in [-0.15, -0.1) is 0 Å². The molecule has 1 radical (unpaired) electrons. The number of aliphatic hydroxyl groups excluding tert-OH is 1. The predicted octanol–water partition coefficient (Wildman–Crippen LogP) is 0.183. The first-order valence-corrected chi connectivity index (χ1v) is 2.88. The zero-order chi connectivity index (χ0) is 6.41. The third-order valence-electron chi connectivity index (χ3n) is 0.767. The van der Waals surface area contributed by atoms with E-state index in [9.17, 15) is 0 Å². The smallest absolute Gasteiger partial charge is 0.0555 e. The Hall–Kier alpha value is -0.0800. The molecule has 49 valence electrons. The van der Waals surface area contributed by atoms with Gasteiger partial charge in [-0.3, -0.25) is 0 Å². The van der Waals surface area contributed by atoms with Crippen molar-refractivity contribution in [2.75, 3.05) is 19.7 Å². The predicted molar refractivity (Wildman–Crippen MR) is 34.5 cm³/mol. The first-order chi connectivity index (χ1) is 3.77. The van der Waals surface area contributed by atoms with Gasteiger partial charge in [-0.2, -0.15) is 0 Å². The van der Waals surface area contributed by atoms with Crippen molar-refractivity contribution < 1.29 is 5.11 Å². The molecular weight excluding hydrogens is 102 g/mol. The van der Waals surface area contributed by atoms with Gasteiger partial charge in [0.05, 0.1) is 6.61 Å². The number of hydrogen-bond donors (Lipinski definition) is 2. The molecule has 0 saturated heterocycles. The Balaban J connectivity index is 2.72. The lowest BCUT2D eigenvalue weighted by Gasteiger charge is -2.03. The summed E-state index contributed by atoms with van der Waals surface area (Å²) >= 11 is 0. The molecule has 0 aliphatic carbocycles. The van der Waals surface area contributed by atoms with E-state index in [1.807, 2.05) is 0 Å². The number of hydrogen-bond acceptors (Lipinski definition) is 2. The molecule has 0 saturated carbocycles. The van der Waals surface area contributed by atoms with Gasteiger partial charge >= 0.3 is 0 Å². The van der Waals surface area contributed by atoms with Crippen LogP contribution in [0.1, 0.15) is 13.8 Å². The number of aliphatic hydroxyl groups is 1. The van der Waals surface area contributed by atoms with Crippen molar-refractivity contribution in [3.63, 3.8) is 0 Å². The minimum Gasteiger partial charge on any atom is -0.395 e. The lowest BCUT2D eigenvalue weighted by atomic mass is 10.2. The molecule has 2 nitrogen and oxygen atoms in total. The Kier molecular flexibility index (Phi) is 5.01. The van der Waals surface area contributed by atoms with E-state index in [4.69, 9.17) is 5.11 Å². The zero-order valence-corrected chi connectivity index (χ0v) is 5.57. The Morgan fingerprint density at radius 1 is 1.50 bits per heavy atom. The lowest BCUT2D eigenvalue weighted by Crippen LogP contribution is -2.21. The van der Waals surface area contributed by atoms with Crippen molar-refractivity contribution in [3.8, 4) is 0 Å². The highest BCUT2D eigenvalue weighted by molar-refractivity contribution is 4.78. The Bertz CT molecular complexity index is 45.8. The summed E-state index contributed by atoms with van der Waals surface area (Å²) in [5.74, 6) is 1.35. The van der Waals surface area contributed by atoms with Gasteiger partial charge in [0.2, 0.25) is 0 Å². The fraction of sp³-hybridized carbons (Fsp3) is 0.833. The van der Waals surface area contributed by atoms with E-state index in [1.54, 1.807) is 0 Å². The quantitative estimate of drug-likeness (QED) is 0.514. The van der Waals surface area contributed by atoms with Gasteiger partial charge in [0.15, 0.2) is 0 Å². The molecule has 8 heavy (non-hydrogen) atoms. The molecule has 2 N–H and O–H groups in total. The standard InChI is InChI=1S/C6H14NO/c1-6(2)5-7-3-4-8/h7-8H,3-5H2,1-2H3. The second kappa shape index (κ2) is 5.06. The maximum atomic E-state index is 8.31. The second-order valence-electron chi connectivity index (χ2n) is 2.11. The van der Waals surface area contributed by atoms with Gasteiger partial charge in [-0.05, 0) is 5.92 Å². The molecule has 0 rings (SSSR count). The normalized spacial score (nSPS) is 10.5. The van der Waals surface area contributed by atoms with E-state index >= 15 is 0 Å². The van der Waals surface area contributed by atoms with E-state index in [-0.39, 0.29) is 6.61 Å². The summed E-state index contributed by atoms with van der Waals surface area (Å²) in [7, 11) is 0. The van der Waals surface area contributed by atoms with Crippen LogP contribution in [0.2, 0.25) is 0 Å². The average Bonchev–Trinajstić information content (AvgIpc) is 1.66. The first kappa shape index (κ1) is 7.92. The van der Waals surface area contributed by atoms with Gasteiger partial charge in [0.25, 0.3) is 0 Å². The summed E-state index contributed by atoms with van der Waals surface area (Å²) in [5, 5.41) is 11.4. The van der Waals surface area contributed by atoms with Crippen LogP contribution < -0.4 is 5.32 Å². The molecule has 0 aliphatic rings. The minimum absolute atomic E-state index is 0.229. The molecule has 0 spiro atoms. The van der Waals surface area contributed by atoms with Crippen molar-refractivity contribution in [1.82, 2.24) is 5.32 Å². The molecule has 2 heteroatoms. The van der Waals surface area contributed by atoms with E-state index in [2.05, 4.69) is 19.2 Å². The largest absolute Gasteiger partial charge is 0.395 e. The summed E-state index contributed by atoms with van der Waals surface area (Å²) < 4.78 is 0. The highest BCUT2D eigenvalue weighted by atomic mass is 16.3. The third-order valence-corrected chi connectivity index (χ3v) is 0.767. The summed E-state index contributed by atoms with van der Waals surface area (Å²) in [4.78, 5) is 0. The van der Waals surface area contributed by atoms with Gasteiger partial charge < -0.3 is 10.4 Å². The molecule has 0 bridgehead atoms. The van der Waals surface area contributed by atoms with Crippen LogP contribution in [0.25, 0.3) is 0 Å². The molecule has 0 aromatic rings. The molecule has 0 heterocycles. The number of rotatable bonds is 4. The van der Waals surface area contributed by atoms with Gasteiger partial charge in [-0.1, -0.05) is 13.8 Å². The van der Waals surface area contributed by atoms with Crippen LogP contribution in [0.15, 0.2) is 0 Å².